The molecule has 33 heavy (non-hydrogen) atoms. The molecular formula is C28H31N3O2. The smallest absolute Gasteiger partial charge is 0.251 e. The third-order valence-corrected chi connectivity index (χ3v) is 5.71. The van der Waals surface area contributed by atoms with E-state index in [2.05, 4.69) is 47.1 Å². The molecule has 4 rings (SSSR count). The summed E-state index contributed by atoms with van der Waals surface area (Å²) in [5.74, 6) is 1.99. The van der Waals surface area contributed by atoms with Crippen molar-refractivity contribution in [2.45, 2.75) is 39.2 Å². The molecule has 0 fully saturated rings. The summed E-state index contributed by atoms with van der Waals surface area (Å²) in [6.45, 7) is 4.12. The first kappa shape index (κ1) is 22.6. The van der Waals surface area contributed by atoms with Crippen molar-refractivity contribution in [3.63, 3.8) is 0 Å². The number of nitrogens with zero attached hydrogens (tertiary/aromatic N) is 2. The van der Waals surface area contributed by atoms with Crippen molar-refractivity contribution in [3.05, 3.63) is 95.8 Å². The number of ether oxygens (including phenoxy) is 1. The Labute approximate surface area is 195 Å². The lowest BCUT2D eigenvalue weighted by atomic mass is 10.1. The Kier molecular flexibility index (Phi) is 7.75. The number of hydrogen-bond acceptors (Lipinski definition) is 3. The number of unbranched alkanes of at least 4 members (excludes halogenated alkanes) is 2. The number of imidazole rings is 1. The van der Waals surface area contributed by atoms with Crippen LogP contribution in [0.15, 0.2) is 78.9 Å². The number of carbonyl (C=O) groups excluding carboxylic acids is 1. The Morgan fingerprint density at radius 2 is 1.76 bits per heavy atom. The third kappa shape index (κ3) is 6.22. The Hall–Kier alpha value is -3.60. The van der Waals surface area contributed by atoms with Crippen molar-refractivity contribution >= 4 is 16.9 Å². The molecule has 1 N–H and O–H groups in total. The van der Waals surface area contributed by atoms with E-state index >= 15 is 0 Å². The van der Waals surface area contributed by atoms with Crippen LogP contribution in [0.25, 0.3) is 11.0 Å². The lowest BCUT2D eigenvalue weighted by molar-refractivity contribution is 0.0953. The van der Waals surface area contributed by atoms with E-state index in [1.165, 1.54) is 5.56 Å². The van der Waals surface area contributed by atoms with Crippen molar-refractivity contribution in [2.24, 2.45) is 0 Å². The molecule has 0 aliphatic rings. The largest absolute Gasteiger partial charge is 0.492 e. The number of hydrogen-bond donors (Lipinski definition) is 1. The van der Waals surface area contributed by atoms with Crippen LogP contribution in [-0.4, -0.2) is 28.6 Å². The van der Waals surface area contributed by atoms with Crippen molar-refractivity contribution in [1.82, 2.24) is 14.9 Å². The highest BCUT2D eigenvalue weighted by molar-refractivity contribution is 5.94. The molecule has 0 unspecified atom stereocenters. The Bertz CT molecular complexity index is 1180. The molecule has 1 heterocycles. The van der Waals surface area contributed by atoms with Gasteiger partial charge in [-0.25, -0.2) is 4.98 Å². The maximum Gasteiger partial charge on any atom is 0.251 e. The number of amides is 1. The number of nitrogens with one attached hydrogen (secondary N) is 1. The zero-order valence-corrected chi connectivity index (χ0v) is 19.2. The van der Waals surface area contributed by atoms with Crippen LogP contribution in [0, 0.1) is 6.92 Å². The van der Waals surface area contributed by atoms with Crippen LogP contribution in [0.1, 0.15) is 41.0 Å². The first-order valence-electron chi connectivity index (χ1n) is 11.7. The number of benzene rings is 3. The molecule has 1 aromatic heterocycles. The zero-order chi connectivity index (χ0) is 22.9. The van der Waals surface area contributed by atoms with Gasteiger partial charge in [0.05, 0.1) is 17.6 Å². The molecule has 0 saturated carbocycles. The Balaban J connectivity index is 1.27. The van der Waals surface area contributed by atoms with E-state index < -0.39 is 0 Å². The van der Waals surface area contributed by atoms with E-state index in [0.717, 1.165) is 54.8 Å². The molecule has 3 aromatic carbocycles. The summed E-state index contributed by atoms with van der Waals surface area (Å²) in [6, 6.07) is 25.8. The summed E-state index contributed by atoms with van der Waals surface area (Å²) in [7, 11) is 0. The van der Waals surface area contributed by atoms with E-state index in [-0.39, 0.29) is 5.91 Å². The molecule has 0 aliphatic heterocycles. The van der Waals surface area contributed by atoms with E-state index in [1.54, 1.807) is 0 Å². The van der Waals surface area contributed by atoms with Crippen molar-refractivity contribution in [1.29, 1.82) is 0 Å². The fourth-order valence-corrected chi connectivity index (χ4v) is 4.00. The molecule has 170 valence electrons. The number of carbonyl (C=O) groups is 1. The van der Waals surface area contributed by atoms with Crippen LogP contribution in [-0.2, 0) is 13.0 Å². The van der Waals surface area contributed by atoms with E-state index in [1.807, 2.05) is 48.5 Å². The van der Waals surface area contributed by atoms with Gasteiger partial charge in [0, 0.05) is 18.5 Å². The predicted octanol–water partition coefficient (Wildman–Crippen LogP) is 5.57. The summed E-state index contributed by atoms with van der Waals surface area (Å²) < 4.78 is 8.27. The van der Waals surface area contributed by atoms with Crippen molar-refractivity contribution in [3.8, 4) is 5.75 Å². The number of rotatable bonds is 11. The van der Waals surface area contributed by atoms with Gasteiger partial charge in [-0.15, -0.1) is 0 Å². The van der Waals surface area contributed by atoms with Gasteiger partial charge in [0.2, 0.25) is 0 Å². The van der Waals surface area contributed by atoms with Crippen LogP contribution in [0.2, 0.25) is 0 Å². The summed E-state index contributed by atoms with van der Waals surface area (Å²) in [5.41, 5.74) is 4.08. The van der Waals surface area contributed by atoms with Crippen molar-refractivity contribution < 1.29 is 9.53 Å². The standard InChI is InChI=1S/C28H31N3O2/c1-22-11-10-14-24(21-22)33-20-19-31-26-16-8-7-15-25(26)30-27(31)17-6-3-9-18-29-28(32)23-12-4-2-5-13-23/h2,4-5,7-8,10-16,21H,3,6,9,17-20H2,1H3,(H,29,32). The summed E-state index contributed by atoms with van der Waals surface area (Å²) in [4.78, 5) is 17.0. The second kappa shape index (κ2) is 11.3. The van der Waals surface area contributed by atoms with E-state index in [4.69, 9.17) is 9.72 Å². The third-order valence-electron chi connectivity index (χ3n) is 5.71. The topological polar surface area (TPSA) is 56.1 Å². The number of fused-ring (bicyclic) bond motifs is 1. The first-order chi connectivity index (χ1) is 16.2. The van der Waals surface area contributed by atoms with Crippen LogP contribution in [0.3, 0.4) is 0 Å². The summed E-state index contributed by atoms with van der Waals surface area (Å²) in [6.07, 6.45) is 3.93. The Morgan fingerprint density at radius 3 is 2.61 bits per heavy atom. The highest BCUT2D eigenvalue weighted by Crippen LogP contribution is 2.19. The van der Waals surface area contributed by atoms with Gasteiger partial charge in [0.25, 0.3) is 5.91 Å². The maximum absolute atomic E-state index is 12.1. The van der Waals surface area contributed by atoms with Gasteiger partial charge in [-0.3, -0.25) is 4.79 Å². The lowest BCUT2D eigenvalue weighted by Gasteiger charge is -2.11. The quantitative estimate of drug-likeness (QED) is 0.310. The molecule has 1 amide bonds. The second-order valence-corrected chi connectivity index (χ2v) is 8.27. The molecule has 0 spiro atoms. The van der Waals surface area contributed by atoms with Gasteiger partial charge in [-0.05, 0) is 61.7 Å². The molecular weight excluding hydrogens is 410 g/mol. The molecule has 0 aliphatic carbocycles. The van der Waals surface area contributed by atoms with Crippen LogP contribution in [0.5, 0.6) is 5.75 Å². The number of aromatic nitrogens is 2. The zero-order valence-electron chi connectivity index (χ0n) is 19.2. The predicted molar refractivity (Wildman–Crippen MR) is 133 cm³/mol. The van der Waals surface area contributed by atoms with Crippen LogP contribution < -0.4 is 10.1 Å². The fourth-order valence-electron chi connectivity index (χ4n) is 4.00. The SMILES string of the molecule is Cc1cccc(OCCn2c(CCCCCNC(=O)c3ccccc3)nc3ccccc32)c1. The molecule has 0 bridgehead atoms. The number of aryl methyl sites for hydroxylation is 2. The Morgan fingerprint density at radius 1 is 0.939 bits per heavy atom. The molecule has 5 nitrogen and oxygen atoms in total. The first-order valence-corrected chi connectivity index (χ1v) is 11.7. The molecule has 5 heteroatoms. The van der Waals surface area contributed by atoms with Crippen molar-refractivity contribution in [2.75, 3.05) is 13.2 Å². The maximum atomic E-state index is 12.1. The highest BCUT2D eigenvalue weighted by atomic mass is 16.5. The number of para-hydroxylation sites is 2. The monoisotopic (exact) mass is 441 g/mol. The van der Waals surface area contributed by atoms with Crippen LogP contribution in [0.4, 0.5) is 0 Å². The lowest BCUT2D eigenvalue weighted by Crippen LogP contribution is -2.24. The van der Waals surface area contributed by atoms with E-state index in [9.17, 15) is 4.79 Å². The van der Waals surface area contributed by atoms with Gasteiger partial charge in [-0.1, -0.05) is 48.9 Å². The van der Waals surface area contributed by atoms with Gasteiger partial charge in [-0.2, -0.15) is 0 Å². The highest BCUT2D eigenvalue weighted by Gasteiger charge is 2.10. The minimum atomic E-state index is -0.00833. The molecule has 4 aromatic rings. The fraction of sp³-hybridized carbons (Fsp3) is 0.286. The average molecular weight is 442 g/mol. The second-order valence-electron chi connectivity index (χ2n) is 8.27. The minimum absolute atomic E-state index is 0.00833. The normalized spacial score (nSPS) is 10.9. The molecule has 0 atom stereocenters. The average Bonchev–Trinajstić information content (AvgIpc) is 3.19. The summed E-state index contributed by atoms with van der Waals surface area (Å²) in [5, 5.41) is 3.00. The van der Waals surface area contributed by atoms with E-state index in [0.29, 0.717) is 18.7 Å². The van der Waals surface area contributed by atoms with Gasteiger partial charge >= 0.3 is 0 Å². The van der Waals surface area contributed by atoms with Gasteiger partial charge < -0.3 is 14.6 Å². The van der Waals surface area contributed by atoms with Gasteiger partial charge in [0.1, 0.15) is 18.2 Å². The summed E-state index contributed by atoms with van der Waals surface area (Å²) >= 11 is 0. The minimum Gasteiger partial charge on any atom is -0.492 e. The molecule has 0 saturated heterocycles. The van der Waals surface area contributed by atoms with Gasteiger partial charge in [0.15, 0.2) is 0 Å². The molecule has 0 radical (unpaired) electrons. The van der Waals surface area contributed by atoms with Crippen LogP contribution >= 0.6 is 0 Å².